The maximum absolute atomic E-state index is 12.6. The van der Waals surface area contributed by atoms with Crippen molar-refractivity contribution >= 4 is 23.2 Å². The zero-order valence-corrected chi connectivity index (χ0v) is 11.9. The van der Waals surface area contributed by atoms with Gasteiger partial charge < -0.3 is 10.2 Å². The first-order chi connectivity index (χ1) is 9.15. The van der Waals surface area contributed by atoms with Gasteiger partial charge in [-0.05, 0) is 56.4 Å². The number of benzene rings is 1. The van der Waals surface area contributed by atoms with Crippen molar-refractivity contribution in [2.45, 2.75) is 44.7 Å². The van der Waals surface area contributed by atoms with E-state index in [0.29, 0.717) is 6.04 Å². The smallest absolute Gasteiger partial charge is 0.244 e. The molecule has 19 heavy (non-hydrogen) atoms. The van der Waals surface area contributed by atoms with Gasteiger partial charge in [0.2, 0.25) is 5.91 Å². The maximum Gasteiger partial charge on any atom is 0.244 e. The summed E-state index contributed by atoms with van der Waals surface area (Å²) in [6.45, 7) is 2.82. The van der Waals surface area contributed by atoms with E-state index in [1.165, 1.54) is 12.8 Å². The number of amides is 1. The predicted molar refractivity (Wildman–Crippen MR) is 77.7 cm³/mol. The molecular weight excluding hydrogens is 260 g/mol. The van der Waals surface area contributed by atoms with Crippen LogP contribution in [0, 0.1) is 6.92 Å². The van der Waals surface area contributed by atoms with Crippen molar-refractivity contribution in [1.29, 1.82) is 0 Å². The van der Waals surface area contributed by atoms with Crippen LogP contribution < -0.4 is 10.2 Å². The van der Waals surface area contributed by atoms with Crippen molar-refractivity contribution in [3.63, 3.8) is 0 Å². The van der Waals surface area contributed by atoms with Crippen LogP contribution in [0.15, 0.2) is 18.2 Å². The lowest BCUT2D eigenvalue weighted by atomic mass is 10.0. The molecule has 0 bridgehead atoms. The summed E-state index contributed by atoms with van der Waals surface area (Å²) in [7, 11) is 0. The molecule has 0 spiro atoms. The number of hydrogen-bond acceptors (Lipinski definition) is 2. The molecule has 1 aliphatic heterocycles. The molecule has 1 saturated carbocycles. The molecule has 0 radical (unpaired) electrons. The fraction of sp³-hybridized carbons (Fsp3) is 0.533. The molecule has 3 nitrogen and oxygen atoms in total. The molecule has 3 rings (SSSR count). The van der Waals surface area contributed by atoms with Crippen LogP contribution in [0.4, 0.5) is 5.69 Å². The van der Waals surface area contributed by atoms with Gasteiger partial charge in [-0.15, -0.1) is 0 Å². The first-order valence-corrected chi connectivity index (χ1v) is 7.36. The van der Waals surface area contributed by atoms with Crippen LogP contribution in [0.5, 0.6) is 0 Å². The van der Waals surface area contributed by atoms with Crippen LogP contribution in [0.3, 0.4) is 0 Å². The summed E-state index contributed by atoms with van der Waals surface area (Å²) in [6.07, 6.45) is 4.43. The van der Waals surface area contributed by atoms with Crippen LogP contribution in [-0.4, -0.2) is 24.5 Å². The molecule has 4 heteroatoms. The van der Waals surface area contributed by atoms with Gasteiger partial charge in [0, 0.05) is 23.3 Å². The second kappa shape index (κ2) is 5.14. The molecule has 1 atom stereocenters. The van der Waals surface area contributed by atoms with E-state index in [2.05, 4.69) is 5.32 Å². The average Bonchev–Trinajstić information content (AvgIpc) is 3.17. The summed E-state index contributed by atoms with van der Waals surface area (Å²) < 4.78 is 0. The zero-order valence-electron chi connectivity index (χ0n) is 11.2. The van der Waals surface area contributed by atoms with Gasteiger partial charge >= 0.3 is 0 Å². The quantitative estimate of drug-likeness (QED) is 0.922. The first-order valence-electron chi connectivity index (χ1n) is 6.99. The van der Waals surface area contributed by atoms with E-state index >= 15 is 0 Å². The fourth-order valence-electron chi connectivity index (χ4n) is 2.73. The third-order valence-corrected chi connectivity index (χ3v) is 4.14. The van der Waals surface area contributed by atoms with E-state index in [4.69, 9.17) is 11.6 Å². The molecule has 1 aromatic rings. The summed E-state index contributed by atoms with van der Waals surface area (Å²) in [5.74, 6) is 0.212. The van der Waals surface area contributed by atoms with Crippen molar-refractivity contribution in [3.05, 3.63) is 28.8 Å². The third-order valence-electron chi connectivity index (χ3n) is 3.90. The minimum absolute atomic E-state index is 0.00340. The van der Waals surface area contributed by atoms with Gasteiger partial charge in [-0.25, -0.2) is 0 Å². The number of carbonyl (C=O) groups is 1. The Hall–Kier alpha value is -1.06. The Labute approximate surface area is 118 Å². The van der Waals surface area contributed by atoms with Gasteiger partial charge in [0.05, 0.1) is 6.04 Å². The van der Waals surface area contributed by atoms with Crippen LogP contribution >= 0.6 is 11.6 Å². The summed E-state index contributed by atoms with van der Waals surface area (Å²) in [5.41, 5.74) is 2.06. The first kappa shape index (κ1) is 12.9. The van der Waals surface area contributed by atoms with Gasteiger partial charge in [-0.3, -0.25) is 4.79 Å². The third kappa shape index (κ3) is 2.77. The molecule has 1 saturated heterocycles. The number of halogens is 1. The fourth-order valence-corrected chi connectivity index (χ4v) is 2.95. The highest BCUT2D eigenvalue weighted by molar-refractivity contribution is 6.30. The van der Waals surface area contributed by atoms with Crippen molar-refractivity contribution in [3.8, 4) is 0 Å². The number of anilines is 1. The second-order valence-corrected chi connectivity index (χ2v) is 5.99. The molecule has 1 aromatic carbocycles. The number of aryl methyl sites for hydroxylation is 1. The largest absolute Gasteiger partial charge is 0.311 e. The van der Waals surface area contributed by atoms with Crippen LogP contribution in [0.1, 0.15) is 31.2 Å². The van der Waals surface area contributed by atoms with Crippen molar-refractivity contribution in [2.75, 3.05) is 11.4 Å². The van der Waals surface area contributed by atoms with Gasteiger partial charge in [0.1, 0.15) is 0 Å². The van der Waals surface area contributed by atoms with Gasteiger partial charge in [-0.2, -0.15) is 0 Å². The lowest BCUT2D eigenvalue weighted by Gasteiger charge is -2.33. The summed E-state index contributed by atoms with van der Waals surface area (Å²) >= 11 is 5.98. The average molecular weight is 279 g/mol. The van der Waals surface area contributed by atoms with E-state index in [9.17, 15) is 4.79 Å². The number of nitrogens with zero attached hydrogens (tertiary/aromatic N) is 1. The highest BCUT2D eigenvalue weighted by atomic mass is 35.5. The molecule has 102 valence electrons. The Balaban J connectivity index is 1.80. The Bertz CT molecular complexity index is 499. The van der Waals surface area contributed by atoms with Crippen molar-refractivity contribution in [1.82, 2.24) is 5.32 Å². The molecule has 1 unspecified atom stereocenters. The maximum atomic E-state index is 12.6. The molecule has 0 aromatic heterocycles. The minimum Gasteiger partial charge on any atom is -0.311 e. The normalized spacial score (nSPS) is 23.8. The van der Waals surface area contributed by atoms with Crippen LogP contribution in [-0.2, 0) is 4.79 Å². The number of nitrogens with one attached hydrogen (secondary N) is 1. The van der Waals surface area contributed by atoms with Gasteiger partial charge in [-0.1, -0.05) is 11.6 Å². The van der Waals surface area contributed by atoms with E-state index in [0.717, 1.165) is 35.7 Å². The number of rotatable bonds is 3. The molecule has 1 N–H and O–H groups in total. The lowest BCUT2D eigenvalue weighted by Crippen LogP contribution is -2.51. The molecule has 1 heterocycles. The van der Waals surface area contributed by atoms with E-state index in [-0.39, 0.29) is 11.9 Å². The van der Waals surface area contributed by atoms with E-state index in [1.807, 2.05) is 30.0 Å². The standard InChI is InChI=1S/C15H19ClN2O/c1-10-9-11(16)4-7-14(10)18-8-2-3-13(15(18)19)17-12-5-6-12/h4,7,9,12-13,17H,2-3,5-6,8H2,1H3. The van der Waals surface area contributed by atoms with Crippen molar-refractivity contribution < 1.29 is 4.79 Å². The van der Waals surface area contributed by atoms with E-state index < -0.39 is 0 Å². The van der Waals surface area contributed by atoms with E-state index in [1.54, 1.807) is 0 Å². The zero-order chi connectivity index (χ0) is 13.4. The summed E-state index contributed by atoms with van der Waals surface area (Å²) in [4.78, 5) is 14.5. The summed E-state index contributed by atoms with van der Waals surface area (Å²) in [5, 5.41) is 4.18. The molecule has 2 aliphatic rings. The molecule has 1 amide bonds. The Kier molecular flexibility index (Phi) is 3.50. The Morgan fingerprint density at radius 2 is 2.11 bits per heavy atom. The minimum atomic E-state index is -0.00340. The Morgan fingerprint density at radius 3 is 2.79 bits per heavy atom. The highest BCUT2D eigenvalue weighted by Crippen LogP contribution is 2.28. The molecular formula is C15H19ClN2O. The highest BCUT2D eigenvalue weighted by Gasteiger charge is 2.34. The van der Waals surface area contributed by atoms with Gasteiger partial charge in [0.15, 0.2) is 0 Å². The number of piperidine rings is 1. The van der Waals surface area contributed by atoms with Gasteiger partial charge in [0.25, 0.3) is 0 Å². The van der Waals surface area contributed by atoms with Crippen molar-refractivity contribution in [2.24, 2.45) is 0 Å². The molecule has 1 aliphatic carbocycles. The topological polar surface area (TPSA) is 32.3 Å². The van der Waals surface area contributed by atoms with Crippen LogP contribution in [0.2, 0.25) is 5.02 Å². The lowest BCUT2D eigenvalue weighted by molar-refractivity contribution is -0.121. The monoisotopic (exact) mass is 278 g/mol. The summed E-state index contributed by atoms with van der Waals surface area (Å²) in [6, 6.07) is 6.29. The molecule has 2 fully saturated rings. The SMILES string of the molecule is Cc1cc(Cl)ccc1N1CCCC(NC2CC2)C1=O. The Morgan fingerprint density at radius 1 is 1.32 bits per heavy atom. The second-order valence-electron chi connectivity index (χ2n) is 5.56. The predicted octanol–water partition coefficient (Wildman–Crippen LogP) is 2.90. The number of carbonyl (C=O) groups excluding carboxylic acids is 1. The number of hydrogen-bond donors (Lipinski definition) is 1. The van der Waals surface area contributed by atoms with Crippen LogP contribution in [0.25, 0.3) is 0 Å².